The van der Waals surface area contributed by atoms with E-state index in [1.54, 1.807) is 11.3 Å². The molecule has 184 valence electrons. The van der Waals surface area contributed by atoms with Gasteiger partial charge in [-0.25, -0.2) is 4.98 Å². The topological polar surface area (TPSA) is 50.9 Å². The van der Waals surface area contributed by atoms with Crippen molar-refractivity contribution >= 4 is 43.2 Å². The van der Waals surface area contributed by atoms with Gasteiger partial charge in [0.15, 0.2) is 0 Å². The van der Waals surface area contributed by atoms with Crippen molar-refractivity contribution in [1.29, 1.82) is 0 Å². The van der Waals surface area contributed by atoms with Crippen LogP contribution in [0.15, 0.2) is 91.1 Å². The molecule has 38 heavy (non-hydrogen) atoms. The number of aryl methyl sites for hydroxylation is 3. The van der Waals surface area contributed by atoms with Crippen LogP contribution >= 0.6 is 11.3 Å². The molecule has 0 saturated heterocycles. The van der Waals surface area contributed by atoms with E-state index in [9.17, 15) is 5.11 Å². The minimum absolute atomic E-state index is 0.284. The van der Waals surface area contributed by atoms with Crippen LogP contribution in [0.25, 0.3) is 65.7 Å². The summed E-state index contributed by atoms with van der Waals surface area (Å²) in [6.07, 6.45) is 1.82. The Kier molecular flexibility index (Phi) is 5.10. The smallest absolute Gasteiger partial charge is 0.146 e. The van der Waals surface area contributed by atoms with E-state index in [1.807, 2.05) is 49.6 Å². The monoisotopic (exact) mass is 511 g/mol. The molecule has 0 atom stereocenters. The Bertz CT molecular complexity index is 2020. The molecule has 4 nitrogen and oxygen atoms in total. The quantitative estimate of drug-likeness (QED) is 0.258. The molecule has 0 saturated carbocycles. The van der Waals surface area contributed by atoms with Crippen LogP contribution in [0.2, 0.25) is 0 Å². The number of hydrogen-bond donors (Lipinski definition) is 1. The Labute approximate surface area is 224 Å². The van der Waals surface area contributed by atoms with Crippen molar-refractivity contribution in [1.82, 2.24) is 14.5 Å². The predicted molar refractivity (Wildman–Crippen MR) is 159 cm³/mol. The maximum absolute atomic E-state index is 11.6. The van der Waals surface area contributed by atoms with Crippen LogP contribution in [0.5, 0.6) is 5.75 Å². The molecule has 0 aliphatic rings. The molecule has 0 amide bonds. The molecule has 4 aromatic carbocycles. The van der Waals surface area contributed by atoms with Crippen molar-refractivity contribution < 1.29 is 5.11 Å². The molecular weight excluding hydrogens is 486 g/mol. The lowest BCUT2D eigenvalue weighted by atomic mass is 9.98. The Balaban J connectivity index is 1.50. The van der Waals surface area contributed by atoms with Gasteiger partial charge in [0, 0.05) is 40.0 Å². The van der Waals surface area contributed by atoms with Gasteiger partial charge in [-0.1, -0.05) is 60.7 Å². The highest BCUT2D eigenvalue weighted by Gasteiger charge is 2.24. The van der Waals surface area contributed by atoms with Crippen molar-refractivity contribution in [2.24, 2.45) is 7.05 Å². The van der Waals surface area contributed by atoms with Gasteiger partial charge in [0.05, 0.1) is 27.0 Å². The molecule has 0 aliphatic heterocycles. The Hall–Kier alpha value is -4.48. The van der Waals surface area contributed by atoms with E-state index in [1.165, 1.54) is 15.8 Å². The van der Waals surface area contributed by atoms with E-state index in [0.717, 1.165) is 60.3 Å². The van der Waals surface area contributed by atoms with Crippen LogP contribution in [-0.2, 0) is 7.05 Å². The third kappa shape index (κ3) is 3.29. The molecule has 3 heterocycles. The van der Waals surface area contributed by atoms with Crippen LogP contribution < -0.4 is 0 Å². The summed E-state index contributed by atoms with van der Waals surface area (Å²) in [5, 5.41) is 14.8. The number of phenolic OH excluding ortho intramolecular Hbond substituents is 1. The van der Waals surface area contributed by atoms with Gasteiger partial charge in [-0.3, -0.25) is 4.98 Å². The highest BCUT2D eigenvalue weighted by atomic mass is 32.1. The van der Waals surface area contributed by atoms with E-state index in [0.29, 0.717) is 0 Å². The van der Waals surface area contributed by atoms with Gasteiger partial charge >= 0.3 is 0 Å². The number of benzene rings is 4. The van der Waals surface area contributed by atoms with Crippen molar-refractivity contribution in [2.45, 2.75) is 13.8 Å². The summed E-state index contributed by atoms with van der Waals surface area (Å²) in [6, 6.07) is 28.8. The number of hydrogen-bond acceptors (Lipinski definition) is 4. The number of pyridine rings is 1. The van der Waals surface area contributed by atoms with Crippen LogP contribution in [-0.4, -0.2) is 19.6 Å². The summed E-state index contributed by atoms with van der Waals surface area (Å²) in [4.78, 5) is 11.0. The van der Waals surface area contributed by atoms with Gasteiger partial charge < -0.3 is 9.67 Å². The molecule has 0 unspecified atom stereocenters. The number of nitrogens with zero attached hydrogens (tertiary/aromatic N) is 3. The number of rotatable bonds is 3. The molecule has 3 aromatic heterocycles. The maximum Gasteiger partial charge on any atom is 0.146 e. The van der Waals surface area contributed by atoms with E-state index in [-0.39, 0.29) is 5.75 Å². The highest BCUT2D eigenvalue weighted by molar-refractivity contribution is 7.20. The number of phenols is 1. The minimum atomic E-state index is 0.284. The van der Waals surface area contributed by atoms with Gasteiger partial charge in [-0.2, -0.15) is 0 Å². The van der Waals surface area contributed by atoms with Crippen LogP contribution in [0.1, 0.15) is 10.4 Å². The minimum Gasteiger partial charge on any atom is -0.506 e. The molecule has 0 radical (unpaired) electrons. The molecule has 0 fully saturated rings. The van der Waals surface area contributed by atoms with Gasteiger partial charge in [-0.15, -0.1) is 11.3 Å². The first-order valence-electron chi connectivity index (χ1n) is 12.6. The SMILES string of the molecule is Cc1sc2c(-c3nc4c(-c5cccc(-c6ccccn6)c5)cccc4n3C)c(O)c3ccccc3c2c1C. The zero-order valence-corrected chi connectivity index (χ0v) is 22.2. The van der Waals surface area contributed by atoms with E-state index in [2.05, 4.69) is 71.9 Å². The van der Waals surface area contributed by atoms with E-state index < -0.39 is 0 Å². The Morgan fingerprint density at radius 3 is 2.39 bits per heavy atom. The summed E-state index contributed by atoms with van der Waals surface area (Å²) in [7, 11) is 2.03. The number of thiophene rings is 1. The first-order valence-corrected chi connectivity index (χ1v) is 13.5. The van der Waals surface area contributed by atoms with Crippen LogP contribution in [0, 0.1) is 13.8 Å². The van der Waals surface area contributed by atoms with Crippen LogP contribution in [0.4, 0.5) is 0 Å². The van der Waals surface area contributed by atoms with Gasteiger partial charge in [0.1, 0.15) is 11.6 Å². The first kappa shape index (κ1) is 22.7. The number of imidazole rings is 1. The zero-order chi connectivity index (χ0) is 26.0. The van der Waals surface area contributed by atoms with Crippen molar-refractivity contribution in [3.8, 4) is 39.5 Å². The molecule has 0 aliphatic carbocycles. The average molecular weight is 512 g/mol. The summed E-state index contributed by atoms with van der Waals surface area (Å²) in [5.41, 5.74) is 8.13. The third-order valence-electron chi connectivity index (χ3n) is 7.57. The second-order valence-corrected chi connectivity index (χ2v) is 10.9. The molecular formula is C33H25N3OS. The van der Waals surface area contributed by atoms with Gasteiger partial charge in [0.25, 0.3) is 0 Å². The first-order chi connectivity index (χ1) is 18.5. The van der Waals surface area contributed by atoms with Crippen molar-refractivity contribution in [2.75, 3.05) is 0 Å². The summed E-state index contributed by atoms with van der Waals surface area (Å²) >= 11 is 1.73. The number of aromatic nitrogens is 3. The lowest BCUT2D eigenvalue weighted by Crippen LogP contribution is -1.94. The molecule has 1 N–H and O–H groups in total. The summed E-state index contributed by atoms with van der Waals surface area (Å²) < 4.78 is 3.18. The van der Waals surface area contributed by atoms with Gasteiger partial charge in [0.2, 0.25) is 0 Å². The Morgan fingerprint density at radius 2 is 1.58 bits per heavy atom. The lowest BCUT2D eigenvalue weighted by Gasteiger charge is -2.11. The van der Waals surface area contributed by atoms with Crippen molar-refractivity contribution in [3.63, 3.8) is 0 Å². The largest absolute Gasteiger partial charge is 0.506 e. The second kappa shape index (κ2) is 8.54. The third-order valence-corrected chi connectivity index (χ3v) is 8.79. The summed E-state index contributed by atoms with van der Waals surface area (Å²) in [5.74, 6) is 1.05. The number of para-hydroxylation sites is 1. The number of aromatic hydroxyl groups is 1. The predicted octanol–water partition coefficient (Wildman–Crippen LogP) is 8.66. The fraction of sp³-hybridized carbons (Fsp3) is 0.0909. The lowest BCUT2D eigenvalue weighted by molar-refractivity contribution is 0.483. The highest BCUT2D eigenvalue weighted by Crippen LogP contribution is 2.48. The fourth-order valence-electron chi connectivity index (χ4n) is 5.54. The summed E-state index contributed by atoms with van der Waals surface area (Å²) in [6.45, 7) is 4.32. The van der Waals surface area contributed by atoms with Crippen LogP contribution in [0.3, 0.4) is 0 Å². The zero-order valence-electron chi connectivity index (χ0n) is 21.4. The molecule has 5 heteroatoms. The van der Waals surface area contributed by atoms with Crippen molar-refractivity contribution in [3.05, 3.63) is 102 Å². The second-order valence-electron chi connectivity index (χ2n) is 9.72. The average Bonchev–Trinajstić information content (AvgIpc) is 3.45. The maximum atomic E-state index is 11.6. The molecule has 7 aromatic rings. The standard InChI is InChI=1S/C33H25N3OS/c1-19-20(2)38-32-28(19)24-12-4-5-13-25(24)31(37)29(32)33-35-30-23(14-9-16-27(30)36(33)3)21-10-8-11-22(18-21)26-15-6-7-17-34-26/h4-18,37H,1-3H3. The molecule has 0 spiro atoms. The van der Waals surface area contributed by atoms with Gasteiger partial charge in [-0.05, 0) is 54.6 Å². The molecule has 0 bridgehead atoms. The Morgan fingerprint density at radius 1 is 0.816 bits per heavy atom. The normalized spacial score (nSPS) is 11.7. The molecule has 7 rings (SSSR count). The van der Waals surface area contributed by atoms with E-state index >= 15 is 0 Å². The fourth-order valence-corrected chi connectivity index (χ4v) is 6.75. The number of fused-ring (bicyclic) bond motifs is 4. The van der Waals surface area contributed by atoms with E-state index in [4.69, 9.17) is 4.98 Å².